The Labute approximate surface area is 159 Å². The van der Waals surface area contributed by atoms with E-state index in [0.717, 1.165) is 12.1 Å². The maximum Gasteiger partial charge on any atom is 0.411 e. The van der Waals surface area contributed by atoms with E-state index in [9.17, 15) is 24.5 Å². The number of hydrogen-bond acceptors (Lipinski definition) is 7. The van der Waals surface area contributed by atoms with Crippen LogP contribution in [0, 0.1) is 10.1 Å². The summed E-state index contributed by atoms with van der Waals surface area (Å²) in [6.45, 7) is 1.69. The minimum Gasteiger partial charge on any atom is -0.462 e. The molecule has 10 nitrogen and oxygen atoms in total. The van der Waals surface area contributed by atoms with Crippen molar-refractivity contribution in [1.29, 1.82) is 0 Å². The van der Waals surface area contributed by atoms with E-state index < -0.39 is 28.6 Å². The lowest BCUT2D eigenvalue weighted by atomic mass is 10.1. The van der Waals surface area contributed by atoms with Gasteiger partial charge >= 0.3 is 12.1 Å². The second-order valence-electron chi connectivity index (χ2n) is 5.39. The Morgan fingerprint density at radius 3 is 2.11 bits per heavy atom. The third-order valence-electron chi connectivity index (χ3n) is 3.48. The molecule has 0 aliphatic rings. The molecule has 2 aromatic rings. The average molecular weight is 387 g/mol. The summed E-state index contributed by atoms with van der Waals surface area (Å²) in [4.78, 5) is 45.9. The molecular weight excluding hydrogens is 370 g/mol. The fraction of sp³-hybridized carbons (Fsp3) is 0.167. The molecule has 10 heteroatoms. The molecule has 0 radical (unpaired) electrons. The summed E-state index contributed by atoms with van der Waals surface area (Å²) in [6.07, 6.45) is -0.639. The minimum absolute atomic E-state index is 0.0750. The van der Waals surface area contributed by atoms with Crippen LogP contribution in [0.5, 0.6) is 0 Å². The summed E-state index contributed by atoms with van der Waals surface area (Å²) in [6, 6.07) is 9.43. The number of anilines is 2. The van der Waals surface area contributed by atoms with Gasteiger partial charge in [-0.3, -0.25) is 20.2 Å². The molecule has 2 aromatic carbocycles. The smallest absolute Gasteiger partial charge is 0.411 e. The Hall–Kier alpha value is -3.95. The van der Waals surface area contributed by atoms with Crippen LogP contribution in [0.1, 0.15) is 27.6 Å². The lowest BCUT2D eigenvalue weighted by Crippen LogP contribution is -2.14. The zero-order valence-electron chi connectivity index (χ0n) is 15.1. The van der Waals surface area contributed by atoms with Gasteiger partial charge in [-0.15, -0.1) is 0 Å². The average Bonchev–Trinajstić information content (AvgIpc) is 2.69. The molecule has 0 saturated carbocycles. The van der Waals surface area contributed by atoms with Crippen LogP contribution in [0.4, 0.5) is 21.9 Å². The molecule has 0 aromatic heterocycles. The normalized spacial score (nSPS) is 9.93. The van der Waals surface area contributed by atoms with Crippen LogP contribution in [-0.4, -0.2) is 36.6 Å². The third-order valence-corrected chi connectivity index (χ3v) is 3.48. The topological polar surface area (TPSA) is 137 Å². The van der Waals surface area contributed by atoms with Crippen LogP contribution in [0.3, 0.4) is 0 Å². The van der Waals surface area contributed by atoms with Crippen molar-refractivity contribution in [3.05, 3.63) is 63.7 Å². The third kappa shape index (κ3) is 5.27. The highest BCUT2D eigenvalue weighted by atomic mass is 16.6. The van der Waals surface area contributed by atoms with Crippen molar-refractivity contribution in [1.82, 2.24) is 0 Å². The fourth-order valence-electron chi connectivity index (χ4n) is 2.19. The molecular formula is C18H17N3O7. The van der Waals surface area contributed by atoms with Crippen LogP contribution >= 0.6 is 0 Å². The van der Waals surface area contributed by atoms with Gasteiger partial charge in [0.1, 0.15) is 0 Å². The molecule has 2 amide bonds. The van der Waals surface area contributed by atoms with Gasteiger partial charge in [0.15, 0.2) is 0 Å². The van der Waals surface area contributed by atoms with Crippen molar-refractivity contribution >= 4 is 35.0 Å². The maximum atomic E-state index is 12.5. The molecule has 0 heterocycles. The van der Waals surface area contributed by atoms with Crippen LogP contribution in [0.2, 0.25) is 0 Å². The van der Waals surface area contributed by atoms with E-state index in [4.69, 9.17) is 4.74 Å². The van der Waals surface area contributed by atoms with E-state index in [-0.39, 0.29) is 17.7 Å². The molecule has 0 saturated heterocycles. The van der Waals surface area contributed by atoms with Gasteiger partial charge in [0.2, 0.25) is 0 Å². The van der Waals surface area contributed by atoms with E-state index in [1.165, 1.54) is 37.4 Å². The molecule has 0 bridgehead atoms. The summed E-state index contributed by atoms with van der Waals surface area (Å²) in [5.41, 5.74) is 0.246. The number of amides is 2. The van der Waals surface area contributed by atoms with Gasteiger partial charge in [0.25, 0.3) is 11.6 Å². The Morgan fingerprint density at radius 2 is 1.57 bits per heavy atom. The van der Waals surface area contributed by atoms with Gasteiger partial charge in [0.05, 0.1) is 24.2 Å². The number of nitro groups is 1. The summed E-state index contributed by atoms with van der Waals surface area (Å²) in [7, 11) is 1.23. The zero-order valence-corrected chi connectivity index (χ0v) is 15.1. The molecule has 28 heavy (non-hydrogen) atoms. The number of nitro benzene ring substituents is 1. The number of rotatable bonds is 6. The van der Waals surface area contributed by atoms with Crippen molar-refractivity contribution in [2.24, 2.45) is 0 Å². The van der Waals surface area contributed by atoms with Crippen molar-refractivity contribution in [2.45, 2.75) is 6.92 Å². The van der Waals surface area contributed by atoms with Crippen LogP contribution in [-0.2, 0) is 9.47 Å². The molecule has 0 fully saturated rings. The molecule has 2 N–H and O–H groups in total. The second kappa shape index (κ2) is 9.12. The number of nitrogens with zero attached hydrogens (tertiary/aromatic N) is 1. The van der Waals surface area contributed by atoms with Crippen LogP contribution in [0.15, 0.2) is 42.5 Å². The van der Waals surface area contributed by atoms with Gasteiger partial charge < -0.3 is 14.8 Å². The number of ether oxygens (including phenoxy) is 2. The largest absolute Gasteiger partial charge is 0.462 e. The van der Waals surface area contributed by atoms with E-state index in [2.05, 4.69) is 15.4 Å². The van der Waals surface area contributed by atoms with E-state index in [1.807, 2.05) is 0 Å². The van der Waals surface area contributed by atoms with Crippen molar-refractivity contribution in [2.75, 3.05) is 24.4 Å². The molecule has 146 valence electrons. The summed E-state index contributed by atoms with van der Waals surface area (Å²) in [5, 5.41) is 16.1. The maximum absolute atomic E-state index is 12.5. The highest BCUT2D eigenvalue weighted by Gasteiger charge is 2.19. The lowest BCUT2D eigenvalue weighted by molar-refractivity contribution is -0.384. The van der Waals surface area contributed by atoms with Gasteiger partial charge in [-0.2, -0.15) is 0 Å². The Bertz CT molecular complexity index is 910. The predicted octanol–water partition coefficient (Wildman–Crippen LogP) is 3.20. The highest BCUT2D eigenvalue weighted by molar-refractivity contribution is 6.06. The van der Waals surface area contributed by atoms with Gasteiger partial charge in [-0.25, -0.2) is 9.59 Å². The van der Waals surface area contributed by atoms with Crippen molar-refractivity contribution in [3.8, 4) is 0 Å². The van der Waals surface area contributed by atoms with Crippen molar-refractivity contribution in [3.63, 3.8) is 0 Å². The van der Waals surface area contributed by atoms with E-state index in [0.29, 0.717) is 11.4 Å². The summed E-state index contributed by atoms with van der Waals surface area (Å²) >= 11 is 0. The fourth-order valence-corrected chi connectivity index (χ4v) is 2.19. The molecule has 0 atom stereocenters. The monoisotopic (exact) mass is 387 g/mol. The molecule has 0 unspecified atom stereocenters. The lowest BCUT2D eigenvalue weighted by Gasteiger charge is -2.09. The predicted molar refractivity (Wildman–Crippen MR) is 99.5 cm³/mol. The van der Waals surface area contributed by atoms with Crippen molar-refractivity contribution < 1.29 is 28.8 Å². The number of carbonyl (C=O) groups is 3. The van der Waals surface area contributed by atoms with E-state index in [1.54, 1.807) is 6.92 Å². The quantitative estimate of drug-likeness (QED) is 0.441. The number of carbonyl (C=O) groups excluding carboxylic acids is 3. The number of non-ortho nitro benzene ring substituents is 1. The van der Waals surface area contributed by atoms with Crippen LogP contribution < -0.4 is 10.6 Å². The summed E-state index contributed by atoms with van der Waals surface area (Å²) < 4.78 is 9.30. The molecule has 0 spiro atoms. The molecule has 0 aliphatic carbocycles. The first-order valence-corrected chi connectivity index (χ1v) is 8.07. The molecule has 0 aliphatic heterocycles. The Balaban J connectivity index is 2.22. The Kier molecular flexibility index (Phi) is 6.63. The molecule has 2 rings (SSSR count). The van der Waals surface area contributed by atoms with Crippen LogP contribution in [0.25, 0.3) is 0 Å². The SMILES string of the molecule is CCOC(=O)c1cc(C(=O)Nc2ccc(NC(=O)OC)cc2)cc([N+](=O)[O-])c1. The van der Waals surface area contributed by atoms with Gasteiger partial charge in [0, 0.05) is 29.1 Å². The number of hydrogen-bond donors (Lipinski definition) is 2. The second-order valence-corrected chi connectivity index (χ2v) is 5.39. The first-order valence-electron chi connectivity index (χ1n) is 8.07. The first-order chi connectivity index (χ1) is 13.3. The van der Waals surface area contributed by atoms with E-state index >= 15 is 0 Å². The number of esters is 1. The number of benzene rings is 2. The highest BCUT2D eigenvalue weighted by Crippen LogP contribution is 2.20. The summed E-state index contributed by atoms with van der Waals surface area (Å²) in [5.74, 6) is -1.42. The Morgan fingerprint density at radius 1 is 1.00 bits per heavy atom. The minimum atomic E-state index is -0.765. The standard InChI is InChI=1S/C18H17N3O7/c1-3-28-17(23)12-8-11(9-15(10-12)21(25)26)16(22)19-13-4-6-14(7-5-13)20-18(24)27-2/h4-10H,3H2,1-2H3,(H,19,22)(H,20,24). The van der Waals surface area contributed by atoms with Gasteiger partial charge in [-0.1, -0.05) is 0 Å². The number of methoxy groups -OCH3 is 1. The van der Waals surface area contributed by atoms with Gasteiger partial charge in [-0.05, 0) is 37.3 Å². The number of nitrogens with one attached hydrogen (secondary N) is 2. The zero-order chi connectivity index (χ0) is 20.7. The first kappa shape index (κ1) is 20.4.